The fourth-order valence-corrected chi connectivity index (χ4v) is 4.04. The van der Waals surface area contributed by atoms with Crippen molar-refractivity contribution >= 4 is 12.2 Å². The van der Waals surface area contributed by atoms with Crippen LogP contribution in [0, 0.1) is 16.0 Å². The van der Waals surface area contributed by atoms with Gasteiger partial charge >= 0.3 is 0 Å². The first-order valence-corrected chi connectivity index (χ1v) is 9.90. The number of nitriles is 1. The van der Waals surface area contributed by atoms with Crippen LogP contribution >= 0.6 is 12.2 Å². The number of aliphatic hydroxyl groups is 3. The Kier molecular flexibility index (Phi) is 5.77. The van der Waals surface area contributed by atoms with Crippen molar-refractivity contribution in [2.45, 2.75) is 24.5 Å². The van der Waals surface area contributed by atoms with Crippen molar-refractivity contribution in [2.24, 2.45) is 0 Å². The molecule has 152 valence electrons. The Morgan fingerprint density at radius 2 is 1.53 bits per heavy atom. The second-order valence-electron chi connectivity index (χ2n) is 7.11. The lowest BCUT2D eigenvalue weighted by Gasteiger charge is -2.37. The summed E-state index contributed by atoms with van der Waals surface area (Å²) < 4.78 is 7.41. The van der Waals surface area contributed by atoms with Crippen LogP contribution < -0.4 is 0 Å². The number of aromatic nitrogens is 1. The van der Waals surface area contributed by atoms with Crippen LogP contribution in [-0.2, 0) is 4.74 Å². The van der Waals surface area contributed by atoms with Gasteiger partial charge in [-0.25, -0.2) is 0 Å². The van der Waals surface area contributed by atoms with E-state index in [2.05, 4.69) is 6.07 Å². The van der Waals surface area contributed by atoms with Crippen molar-refractivity contribution in [3.8, 4) is 28.5 Å². The molecule has 3 N–H and O–H groups in total. The molecule has 0 saturated carbocycles. The predicted octanol–water partition coefficient (Wildman–Crippen LogP) is 3.03. The lowest BCUT2D eigenvalue weighted by molar-refractivity contribution is -0.210. The van der Waals surface area contributed by atoms with Crippen LogP contribution in [0.1, 0.15) is 11.8 Å². The van der Waals surface area contributed by atoms with E-state index in [-0.39, 0.29) is 16.8 Å². The molecule has 7 heteroatoms. The van der Waals surface area contributed by atoms with Crippen LogP contribution in [0.2, 0.25) is 0 Å². The molecule has 1 saturated heterocycles. The molecule has 2 aromatic carbocycles. The molecule has 6 nitrogen and oxygen atoms in total. The van der Waals surface area contributed by atoms with Crippen LogP contribution in [0.25, 0.3) is 22.4 Å². The van der Waals surface area contributed by atoms with Crippen LogP contribution in [0.3, 0.4) is 0 Å². The van der Waals surface area contributed by atoms with Gasteiger partial charge in [0.25, 0.3) is 0 Å². The highest BCUT2D eigenvalue weighted by atomic mass is 32.1. The first-order valence-electron chi connectivity index (χ1n) is 9.49. The minimum absolute atomic E-state index is 0.165. The normalized spacial score (nSPS) is 23.7. The lowest BCUT2D eigenvalue weighted by Crippen LogP contribution is -2.51. The van der Waals surface area contributed by atoms with Gasteiger partial charge in [-0.05, 0) is 17.2 Å². The zero-order valence-corrected chi connectivity index (χ0v) is 16.7. The number of nitrogens with zero attached hydrogens (tertiary/aromatic N) is 2. The third-order valence-corrected chi connectivity index (χ3v) is 5.64. The van der Waals surface area contributed by atoms with Crippen LogP contribution in [0.15, 0.2) is 66.7 Å². The summed E-state index contributed by atoms with van der Waals surface area (Å²) in [6.07, 6.45) is -5.07. The van der Waals surface area contributed by atoms with Gasteiger partial charge < -0.3 is 24.6 Å². The zero-order valence-electron chi connectivity index (χ0n) is 15.9. The summed E-state index contributed by atoms with van der Waals surface area (Å²) in [5.74, 6) is 0. The van der Waals surface area contributed by atoms with Gasteiger partial charge in [0.2, 0.25) is 0 Å². The Bertz CT molecular complexity index is 1140. The summed E-state index contributed by atoms with van der Waals surface area (Å²) in [7, 11) is 0. The Morgan fingerprint density at radius 3 is 2.13 bits per heavy atom. The number of aliphatic hydroxyl groups excluding tert-OH is 3. The first kappa shape index (κ1) is 20.4. The predicted molar refractivity (Wildman–Crippen MR) is 114 cm³/mol. The Morgan fingerprint density at radius 1 is 0.933 bits per heavy atom. The van der Waals surface area contributed by atoms with Gasteiger partial charge in [0.1, 0.15) is 29.0 Å². The van der Waals surface area contributed by atoms with E-state index in [9.17, 15) is 20.6 Å². The fourth-order valence-electron chi connectivity index (χ4n) is 3.68. The molecule has 0 radical (unpaired) electrons. The maximum Gasteiger partial charge on any atom is 0.163 e. The summed E-state index contributed by atoms with van der Waals surface area (Å²) in [4.78, 5) is 0. The number of hydrogen-bond donors (Lipinski definition) is 3. The quantitative estimate of drug-likeness (QED) is 0.564. The van der Waals surface area contributed by atoms with Crippen molar-refractivity contribution < 1.29 is 20.1 Å². The van der Waals surface area contributed by atoms with Crippen molar-refractivity contribution in [2.75, 3.05) is 6.61 Å². The number of benzene rings is 2. The van der Waals surface area contributed by atoms with E-state index in [1.165, 1.54) is 0 Å². The average Bonchev–Trinajstić information content (AvgIpc) is 2.79. The van der Waals surface area contributed by atoms with Crippen molar-refractivity contribution in [3.63, 3.8) is 0 Å². The molecule has 2 heterocycles. The highest BCUT2D eigenvalue weighted by molar-refractivity contribution is 7.71. The Labute approximate surface area is 178 Å². The minimum Gasteiger partial charge on any atom is -0.388 e. The molecule has 0 spiro atoms. The van der Waals surface area contributed by atoms with Gasteiger partial charge in [-0.1, -0.05) is 72.9 Å². The van der Waals surface area contributed by atoms with Crippen molar-refractivity contribution in [3.05, 3.63) is 76.9 Å². The molecule has 0 aliphatic carbocycles. The first-order chi connectivity index (χ1) is 14.5. The summed E-state index contributed by atoms with van der Waals surface area (Å²) >= 11 is 5.67. The average molecular weight is 420 g/mol. The topological polar surface area (TPSA) is 98.6 Å². The smallest absolute Gasteiger partial charge is 0.163 e. The van der Waals surface area contributed by atoms with E-state index in [0.717, 1.165) is 11.1 Å². The van der Waals surface area contributed by atoms with Crippen molar-refractivity contribution in [1.29, 1.82) is 5.26 Å². The van der Waals surface area contributed by atoms with Gasteiger partial charge in [-0.2, -0.15) is 5.26 Å². The molecule has 3 aromatic rings. The lowest BCUT2D eigenvalue weighted by atomic mass is 9.97. The summed E-state index contributed by atoms with van der Waals surface area (Å²) in [6, 6.07) is 22.9. The van der Waals surface area contributed by atoms with Gasteiger partial charge in [-0.3, -0.25) is 0 Å². The van der Waals surface area contributed by atoms with Gasteiger partial charge in [0.05, 0.1) is 17.9 Å². The summed E-state index contributed by atoms with van der Waals surface area (Å²) in [5.41, 5.74) is 3.22. The highest BCUT2D eigenvalue weighted by Gasteiger charge is 2.39. The van der Waals surface area contributed by atoms with Gasteiger partial charge in [0, 0.05) is 5.56 Å². The Hall–Kier alpha value is -2.86. The van der Waals surface area contributed by atoms with Crippen LogP contribution in [-0.4, -0.2) is 44.8 Å². The molecule has 0 unspecified atom stereocenters. The maximum atomic E-state index is 10.6. The number of hydrogen-bond acceptors (Lipinski definition) is 6. The monoisotopic (exact) mass is 420 g/mol. The summed E-state index contributed by atoms with van der Waals surface area (Å²) in [5, 5.41) is 40.5. The number of ether oxygens (including phenoxy) is 1. The largest absolute Gasteiger partial charge is 0.388 e. The van der Waals surface area contributed by atoms with Gasteiger partial charge in [0.15, 0.2) is 6.23 Å². The molecule has 1 aliphatic heterocycles. The fraction of sp³-hybridized carbons (Fsp3) is 0.217. The molecule has 30 heavy (non-hydrogen) atoms. The standard InChI is InChI=1S/C23H20N2O4S/c24-12-17-16(14-7-3-1-4-8-14)11-18(15-9-5-2-6-10-15)25(23(17)30)22-21(28)20(27)19(26)13-29-22/h1-11,19-22,26-28H,13H2/t19-,20-,21+,22+/m0/s1. The molecule has 1 aliphatic rings. The summed E-state index contributed by atoms with van der Waals surface area (Å²) in [6.45, 7) is -0.165. The van der Waals surface area contributed by atoms with Crippen LogP contribution in [0.5, 0.6) is 0 Å². The highest BCUT2D eigenvalue weighted by Crippen LogP contribution is 2.35. The molecule has 4 rings (SSSR count). The Balaban J connectivity index is 2.00. The molecule has 1 fully saturated rings. The van der Waals surface area contributed by atoms with Crippen molar-refractivity contribution in [1.82, 2.24) is 4.57 Å². The van der Waals surface area contributed by atoms with E-state index in [4.69, 9.17) is 17.0 Å². The third-order valence-electron chi connectivity index (χ3n) is 5.24. The zero-order chi connectivity index (χ0) is 21.3. The van der Waals surface area contributed by atoms with E-state index < -0.39 is 24.5 Å². The maximum absolute atomic E-state index is 10.6. The second-order valence-corrected chi connectivity index (χ2v) is 7.50. The van der Waals surface area contributed by atoms with Gasteiger partial charge in [-0.15, -0.1) is 0 Å². The molecular weight excluding hydrogens is 400 g/mol. The molecular formula is C23H20N2O4S. The van der Waals surface area contributed by atoms with E-state index >= 15 is 0 Å². The number of rotatable bonds is 3. The third kappa shape index (κ3) is 3.56. The van der Waals surface area contributed by atoms with E-state index in [0.29, 0.717) is 11.3 Å². The molecule has 0 bridgehead atoms. The van der Waals surface area contributed by atoms with E-state index in [1.807, 2.05) is 66.7 Å². The number of pyridine rings is 1. The second kappa shape index (κ2) is 8.48. The molecule has 1 aromatic heterocycles. The SMILES string of the molecule is N#Cc1c(-c2ccccc2)cc(-c2ccccc2)n([C@@H]2OC[C@H](O)[C@H](O)[C@H]2O)c1=S. The van der Waals surface area contributed by atoms with E-state index in [1.54, 1.807) is 4.57 Å². The van der Waals surface area contributed by atoms with Crippen LogP contribution in [0.4, 0.5) is 0 Å². The molecule has 4 atom stereocenters. The molecule has 0 amide bonds. The minimum atomic E-state index is -1.42.